The van der Waals surface area contributed by atoms with Crippen LogP contribution in [0.25, 0.3) is 0 Å². The molecule has 0 aromatic carbocycles. The van der Waals surface area contributed by atoms with E-state index in [1.54, 1.807) is 7.05 Å². The van der Waals surface area contributed by atoms with Gasteiger partial charge in [-0.1, -0.05) is 20.3 Å². The molecule has 0 aromatic rings. The van der Waals surface area contributed by atoms with Crippen molar-refractivity contribution in [2.24, 2.45) is 16.4 Å². The van der Waals surface area contributed by atoms with Crippen LogP contribution in [0.5, 0.6) is 0 Å². The predicted molar refractivity (Wildman–Crippen MR) is 78.2 cm³/mol. The second-order valence-electron chi connectivity index (χ2n) is 6.60. The second-order valence-corrected chi connectivity index (χ2v) is 6.60. The molecule has 0 unspecified atom stereocenters. The van der Waals surface area contributed by atoms with Crippen LogP contribution in [0.15, 0.2) is 5.10 Å². The Labute approximate surface area is 120 Å². The maximum Gasteiger partial charge on any atom is 0.267 e. The minimum absolute atomic E-state index is 0.0307. The fourth-order valence-corrected chi connectivity index (χ4v) is 3.20. The van der Waals surface area contributed by atoms with Crippen LogP contribution in [0.4, 0.5) is 0 Å². The molecule has 5 nitrogen and oxygen atoms in total. The monoisotopic (exact) mass is 279 g/mol. The third kappa shape index (κ3) is 3.38. The Kier molecular flexibility index (Phi) is 4.45. The Morgan fingerprint density at radius 2 is 2.10 bits per heavy atom. The van der Waals surface area contributed by atoms with E-state index in [1.807, 2.05) is 0 Å². The normalized spacial score (nSPS) is 21.5. The zero-order chi connectivity index (χ0) is 14.8. The summed E-state index contributed by atoms with van der Waals surface area (Å²) < 4.78 is 0. The van der Waals surface area contributed by atoms with Crippen LogP contribution in [0, 0.1) is 11.3 Å². The largest absolute Gasteiger partial charge is 0.350 e. The number of rotatable bonds is 5. The van der Waals surface area contributed by atoms with Gasteiger partial charge in [-0.15, -0.1) is 0 Å². The molecule has 2 rings (SSSR count). The highest BCUT2D eigenvalue weighted by Crippen LogP contribution is 2.45. The van der Waals surface area contributed by atoms with E-state index >= 15 is 0 Å². The summed E-state index contributed by atoms with van der Waals surface area (Å²) in [6.45, 7) is 5.20. The van der Waals surface area contributed by atoms with Crippen molar-refractivity contribution in [2.75, 3.05) is 13.6 Å². The first-order valence-corrected chi connectivity index (χ1v) is 7.54. The van der Waals surface area contributed by atoms with Gasteiger partial charge >= 0.3 is 0 Å². The average molecular weight is 279 g/mol. The molecule has 2 aliphatic rings. The summed E-state index contributed by atoms with van der Waals surface area (Å²) >= 11 is 0. The Morgan fingerprint density at radius 1 is 1.40 bits per heavy atom. The maximum absolute atomic E-state index is 12.1. The molecule has 0 radical (unpaired) electrons. The summed E-state index contributed by atoms with van der Waals surface area (Å²) in [4.78, 5) is 23.5. The SMILES string of the molecule is CC(C)CC1(CNC(=O)C2=NN(C)C(=O)CC2)CCC1. The number of hydrazone groups is 1. The molecule has 20 heavy (non-hydrogen) atoms. The van der Waals surface area contributed by atoms with Crippen molar-refractivity contribution < 1.29 is 9.59 Å². The van der Waals surface area contributed by atoms with Gasteiger partial charge in [-0.3, -0.25) is 9.59 Å². The minimum Gasteiger partial charge on any atom is -0.350 e. The van der Waals surface area contributed by atoms with Gasteiger partial charge in [0.15, 0.2) is 0 Å². The molecule has 1 saturated carbocycles. The topological polar surface area (TPSA) is 61.8 Å². The van der Waals surface area contributed by atoms with Crippen LogP contribution in [-0.2, 0) is 9.59 Å². The first-order chi connectivity index (χ1) is 9.42. The number of nitrogens with one attached hydrogen (secondary N) is 1. The fraction of sp³-hybridized carbons (Fsp3) is 0.800. The van der Waals surface area contributed by atoms with E-state index < -0.39 is 0 Å². The lowest BCUT2D eigenvalue weighted by Gasteiger charge is -2.43. The molecule has 0 bridgehead atoms. The Balaban J connectivity index is 1.89. The van der Waals surface area contributed by atoms with Crippen LogP contribution < -0.4 is 5.32 Å². The van der Waals surface area contributed by atoms with Crippen molar-refractivity contribution in [1.82, 2.24) is 10.3 Å². The van der Waals surface area contributed by atoms with Crippen molar-refractivity contribution in [3.63, 3.8) is 0 Å². The van der Waals surface area contributed by atoms with Crippen molar-refractivity contribution in [3.8, 4) is 0 Å². The van der Waals surface area contributed by atoms with E-state index in [0.29, 0.717) is 29.9 Å². The number of hydrogen-bond donors (Lipinski definition) is 1. The maximum atomic E-state index is 12.1. The first kappa shape index (κ1) is 15.0. The Hall–Kier alpha value is -1.39. The molecule has 1 aliphatic heterocycles. The minimum atomic E-state index is -0.112. The highest BCUT2D eigenvalue weighted by Gasteiger charge is 2.37. The second kappa shape index (κ2) is 5.94. The molecule has 0 atom stereocenters. The smallest absolute Gasteiger partial charge is 0.267 e. The lowest BCUT2D eigenvalue weighted by atomic mass is 9.64. The van der Waals surface area contributed by atoms with Crippen LogP contribution >= 0.6 is 0 Å². The molecule has 2 amide bonds. The zero-order valence-electron chi connectivity index (χ0n) is 12.7. The van der Waals surface area contributed by atoms with Gasteiger partial charge in [0.25, 0.3) is 5.91 Å². The number of carbonyl (C=O) groups is 2. The lowest BCUT2D eigenvalue weighted by molar-refractivity contribution is -0.130. The average Bonchev–Trinajstić information content (AvgIpc) is 2.35. The Bertz CT molecular complexity index is 425. The standard InChI is InChI=1S/C15H25N3O2/c1-11(2)9-15(7-4-8-15)10-16-14(20)12-5-6-13(19)18(3)17-12/h11H,4-10H2,1-3H3,(H,16,20). The van der Waals surface area contributed by atoms with Crippen LogP contribution in [0.2, 0.25) is 0 Å². The molecule has 1 N–H and O–H groups in total. The summed E-state index contributed by atoms with van der Waals surface area (Å²) in [5.74, 6) is 0.513. The number of carbonyl (C=O) groups excluding carboxylic acids is 2. The van der Waals surface area contributed by atoms with Gasteiger partial charge in [0.05, 0.1) is 0 Å². The van der Waals surface area contributed by atoms with Crippen LogP contribution in [0.1, 0.15) is 52.4 Å². The first-order valence-electron chi connectivity index (χ1n) is 7.54. The molecular weight excluding hydrogens is 254 g/mol. The molecule has 0 aromatic heterocycles. The van der Waals surface area contributed by atoms with Gasteiger partial charge in [0.2, 0.25) is 5.91 Å². The zero-order valence-corrected chi connectivity index (χ0v) is 12.7. The fourth-order valence-electron chi connectivity index (χ4n) is 3.20. The third-order valence-electron chi connectivity index (χ3n) is 4.35. The molecule has 1 aliphatic carbocycles. The van der Waals surface area contributed by atoms with Crippen molar-refractivity contribution >= 4 is 17.5 Å². The van der Waals surface area contributed by atoms with E-state index in [0.717, 1.165) is 13.0 Å². The summed E-state index contributed by atoms with van der Waals surface area (Å²) in [5, 5.41) is 8.35. The highest BCUT2D eigenvalue weighted by atomic mass is 16.2. The van der Waals surface area contributed by atoms with E-state index in [-0.39, 0.29) is 11.8 Å². The van der Waals surface area contributed by atoms with Crippen LogP contribution in [0.3, 0.4) is 0 Å². The molecule has 112 valence electrons. The van der Waals surface area contributed by atoms with Gasteiger partial charge in [0, 0.05) is 26.4 Å². The van der Waals surface area contributed by atoms with Crippen molar-refractivity contribution in [3.05, 3.63) is 0 Å². The van der Waals surface area contributed by atoms with E-state index in [4.69, 9.17) is 0 Å². The van der Waals surface area contributed by atoms with Crippen molar-refractivity contribution in [2.45, 2.75) is 52.4 Å². The van der Waals surface area contributed by atoms with Crippen molar-refractivity contribution in [1.29, 1.82) is 0 Å². The van der Waals surface area contributed by atoms with Gasteiger partial charge < -0.3 is 5.32 Å². The van der Waals surface area contributed by atoms with Crippen LogP contribution in [-0.4, -0.2) is 36.1 Å². The van der Waals surface area contributed by atoms with E-state index in [2.05, 4.69) is 24.3 Å². The molecule has 0 saturated heterocycles. The molecule has 1 heterocycles. The number of hydrogen-bond acceptors (Lipinski definition) is 3. The summed E-state index contributed by atoms with van der Waals surface area (Å²) in [7, 11) is 1.60. The predicted octanol–water partition coefficient (Wildman–Crippen LogP) is 1.93. The lowest BCUT2D eigenvalue weighted by Crippen LogP contribution is -2.46. The van der Waals surface area contributed by atoms with Gasteiger partial charge in [-0.05, 0) is 30.6 Å². The Morgan fingerprint density at radius 3 is 2.60 bits per heavy atom. The quantitative estimate of drug-likeness (QED) is 0.836. The summed E-state index contributed by atoms with van der Waals surface area (Å²) in [6, 6.07) is 0. The van der Waals surface area contributed by atoms with E-state index in [1.165, 1.54) is 24.3 Å². The highest BCUT2D eigenvalue weighted by molar-refractivity contribution is 6.39. The summed E-state index contributed by atoms with van der Waals surface area (Å²) in [6.07, 6.45) is 5.66. The number of nitrogens with zero attached hydrogens (tertiary/aromatic N) is 2. The van der Waals surface area contributed by atoms with Gasteiger partial charge in [0.1, 0.15) is 5.71 Å². The van der Waals surface area contributed by atoms with E-state index in [9.17, 15) is 9.59 Å². The molecule has 0 spiro atoms. The number of amides is 2. The third-order valence-corrected chi connectivity index (χ3v) is 4.35. The van der Waals surface area contributed by atoms with Gasteiger partial charge in [-0.2, -0.15) is 5.10 Å². The molecule has 1 fully saturated rings. The molecule has 5 heteroatoms. The van der Waals surface area contributed by atoms with Gasteiger partial charge in [-0.25, -0.2) is 5.01 Å². The summed E-state index contributed by atoms with van der Waals surface area (Å²) in [5.41, 5.74) is 0.770. The molecular formula is C15H25N3O2.